The highest BCUT2D eigenvalue weighted by Crippen LogP contribution is 2.39. The first-order valence-electron chi connectivity index (χ1n) is 11.5. The fraction of sp³-hybridized carbons (Fsp3) is 0.208. The van der Waals surface area contributed by atoms with Crippen LogP contribution in [0.2, 0.25) is 0 Å². The van der Waals surface area contributed by atoms with Crippen molar-refractivity contribution < 1.29 is 43.0 Å². The Balaban J connectivity index is 1.37. The number of fused-ring (bicyclic) bond motifs is 1. The quantitative estimate of drug-likeness (QED) is 0.137. The molecule has 0 aliphatic carbocycles. The SMILES string of the molecule is Nc1ncnc2c1ncn2[C@@H]1O[C@H](COP(=O)(O)O)[C@@H](OC(=O)c2ccc(C(=O)c3ccccc3)cc2)[C@H]1O. The van der Waals surface area contributed by atoms with Crippen molar-refractivity contribution in [3.63, 3.8) is 0 Å². The number of nitrogen functional groups attached to an aromatic ring is 1. The van der Waals surface area contributed by atoms with E-state index in [1.165, 1.54) is 41.5 Å². The molecule has 1 aliphatic rings. The van der Waals surface area contributed by atoms with Gasteiger partial charge in [-0.3, -0.25) is 13.9 Å². The van der Waals surface area contributed by atoms with E-state index < -0.39 is 44.9 Å². The highest BCUT2D eigenvalue weighted by atomic mass is 31.2. The van der Waals surface area contributed by atoms with Crippen LogP contribution in [-0.4, -0.2) is 71.1 Å². The Labute approximate surface area is 220 Å². The summed E-state index contributed by atoms with van der Waals surface area (Å²) in [6, 6.07) is 14.3. The van der Waals surface area contributed by atoms with E-state index in [9.17, 15) is 19.3 Å². The number of carbonyl (C=O) groups excluding carboxylic acids is 2. The van der Waals surface area contributed by atoms with Gasteiger partial charge in [-0.15, -0.1) is 0 Å². The molecule has 0 saturated carbocycles. The number of hydrogen-bond donors (Lipinski definition) is 4. The van der Waals surface area contributed by atoms with E-state index in [0.29, 0.717) is 11.1 Å². The van der Waals surface area contributed by atoms with E-state index in [2.05, 4.69) is 19.5 Å². The normalized spacial score (nSPS) is 21.2. The molecule has 0 unspecified atom stereocenters. The number of phosphoric acid groups is 1. The molecule has 2 aromatic carbocycles. The summed E-state index contributed by atoms with van der Waals surface area (Å²) < 4.78 is 28.5. The van der Waals surface area contributed by atoms with Crippen molar-refractivity contribution in [2.24, 2.45) is 0 Å². The number of imidazole rings is 1. The van der Waals surface area contributed by atoms with Crippen LogP contribution in [0.15, 0.2) is 67.3 Å². The van der Waals surface area contributed by atoms with Crippen molar-refractivity contribution in [2.45, 2.75) is 24.5 Å². The molecule has 4 aromatic rings. The molecule has 0 bridgehead atoms. The van der Waals surface area contributed by atoms with Crippen LogP contribution in [0.25, 0.3) is 11.2 Å². The summed E-state index contributed by atoms with van der Waals surface area (Å²) in [6.07, 6.45) is -2.95. The van der Waals surface area contributed by atoms with Crippen molar-refractivity contribution in [2.75, 3.05) is 12.3 Å². The summed E-state index contributed by atoms with van der Waals surface area (Å²) in [5, 5.41) is 11.1. The predicted molar refractivity (Wildman–Crippen MR) is 133 cm³/mol. The van der Waals surface area contributed by atoms with Gasteiger partial charge >= 0.3 is 13.8 Å². The number of anilines is 1. The zero-order valence-corrected chi connectivity index (χ0v) is 20.9. The maximum absolute atomic E-state index is 13.0. The molecule has 39 heavy (non-hydrogen) atoms. The van der Waals surface area contributed by atoms with Crippen molar-refractivity contribution in [3.8, 4) is 0 Å². The fourth-order valence-corrected chi connectivity index (χ4v) is 4.50. The minimum absolute atomic E-state index is 0.0681. The summed E-state index contributed by atoms with van der Waals surface area (Å²) in [7, 11) is -4.91. The standard InChI is InChI=1S/C24H22N5O9P/c25-21-17-22(27-11-26-21)29(12-28-17)23-19(31)20(16(37-23)10-36-39(33,34)35)38-24(32)15-8-6-14(7-9-15)18(30)13-4-2-1-3-5-13/h1-9,11-12,16,19-20,23,31H,10H2,(H2,25,26,27)(H2,33,34,35)/t16-,19-,20-,23-/m1/s1. The average Bonchev–Trinajstić information content (AvgIpc) is 3.49. The van der Waals surface area contributed by atoms with Crippen molar-refractivity contribution in [1.29, 1.82) is 0 Å². The van der Waals surface area contributed by atoms with Crippen LogP contribution in [0.3, 0.4) is 0 Å². The molecule has 0 spiro atoms. The molecule has 2 aromatic heterocycles. The van der Waals surface area contributed by atoms with Gasteiger partial charge < -0.3 is 30.1 Å². The summed E-state index contributed by atoms with van der Waals surface area (Å²) in [5.41, 5.74) is 7.17. The van der Waals surface area contributed by atoms with E-state index in [1.54, 1.807) is 30.3 Å². The number of carbonyl (C=O) groups is 2. The number of aromatic nitrogens is 4. The largest absolute Gasteiger partial charge is 0.469 e. The Morgan fingerprint density at radius 2 is 1.67 bits per heavy atom. The number of esters is 1. The van der Waals surface area contributed by atoms with Gasteiger partial charge in [-0.2, -0.15) is 0 Å². The number of aliphatic hydroxyl groups is 1. The smallest absolute Gasteiger partial charge is 0.453 e. The van der Waals surface area contributed by atoms with E-state index in [4.69, 9.17) is 25.0 Å². The molecular weight excluding hydrogens is 533 g/mol. The summed E-state index contributed by atoms with van der Waals surface area (Å²) >= 11 is 0. The van der Waals surface area contributed by atoms with Crippen LogP contribution in [-0.2, 0) is 18.6 Å². The maximum Gasteiger partial charge on any atom is 0.469 e. The Bertz CT molecular complexity index is 1560. The zero-order chi connectivity index (χ0) is 27.7. The number of phosphoric ester groups is 1. The van der Waals surface area contributed by atoms with Crippen LogP contribution >= 0.6 is 7.82 Å². The number of nitrogens with two attached hydrogens (primary N) is 1. The molecule has 1 aliphatic heterocycles. The molecule has 4 atom stereocenters. The van der Waals surface area contributed by atoms with Gasteiger partial charge in [0, 0.05) is 11.1 Å². The van der Waals surface area contributed by atoms with Crippen LogP contribution in [0, 0.1) is 0 Å². The third-order valence-corrected chi connectivity index (χ3v) is 6.52. The number of ether oxygens (including phenoxy) is 2. The summed E-state index contributed by atoms with van der Waals surface area (Å²) in [4.78, 5) is 56.0. The molecule has 1 saturated heterocycles. The maximum atomic E-state index is 13.0. The highest BCUT2D eigenvalue weighted by molar-refractivity contribution is 7.46. The van der Waals surface area contributed by atoms with Gasteiger partial charge in [0.05, 0.1) is 18.5 Å². The zero-order valence-electron chi connectivity index (χ0n) is 20.0. The van der Waals surface area contributed by atoms with Crippen LogP contribution < -0.4 is 5.73 Å². The third-order valence-electron chi connectivity index (χ3n) is 6.04. The number of aliphatic hydroxyl groups excluding tert-OH is 1. The molecule has 0 radical (unpaired) electrons. The van der Waals surface area contributed by atoms with E-state index in [1.807, 2.05) is 0 Å². The lowest BCUT2D eigenvalue weighted by Crippen LogP contribution is -2.38. The van der Waals surface area contributed by atoms with Crippen molar-refractivity contribution in [1.82, 2.24) is 19.5 Å². The molecule has 0 amide bonds. The first-order valence-corrected chi connectivity index (χ1v) is 13.0. The number of ketones is 1. The second-order valence-electron chi connectivity index (χ2n) is 8.57. The predicted octanol–water partition coefficient (Wildman–Crippen LogP) is 1.23. The lowest BCUT2D eigenvalue weighted by Gasteiger charge is -2.21. The summed E-state index contributed by atoms with van der Waals surface area (Å²) in [5.74, 6) is -1.01. The molecule has 14 nitrogen and oxygen atoms in total. The first-order chi connectivity index (χ1) is 18.6. The first kappa shape index (κ1) is 26.6. The number of rotatable bonds is 8. The van der Waals surface area contributed by atoms with E-state index in [-0.39, 0.29) is 28.3 Å². The Kier molecular flexibility index (Phi) is 7.23. The molecule has 15 heteroatoms. The number of benzene rings is 2. The van der Waals surface area contributed by atoms with Crippen LogP contribution in [0.4, 0.5) is 5.82 Å². The second-order valence-corrected chi connectivity index (χ2v) is 9.81. The van der Waals surface area contributed by atoms with Crippen LogP contribution in [0.1, 0.15) is 32.5 Å². The van der Waals surface area contributed by atoms with Gasteiger partial charge in [-0.25, -0.2) is 24.3 Å². The van der Waals surface area contributed by atoms with Crippen molar-refractivity contribution in [3.05, 3.63) is 83.9 Å². The second kappa shape index (κ2) is 10.6. The summed E-state index contributed by atoms with van der Waals surface area (Å²) in [6.45, 7) is -0.704. The highest BCUT2D eigenvalue weighted by Gasteiger charge is 2.48. The molecular formula is C24H22N5O9P. The van der Waals surface area contributed by atoms with E-state index >= 15 is 0 Å². The molecule has 5 rings (SSSR count). The van der Waals surface area contributed by atoms with Gasteiger partial charge in [0.15, 0.2) is 29.6 Å². The number of nitrogens with zero attached hydrogens (tertiary/aromatic N) is 4. The third kappa shape index (κ3) is 5.56. The molecule has 202 valence electrons. The Morgan fingerprint density at radius 1 is 1.00 bits per heavy atom. The topological polar surface area (TPSA) is 209 Å². The van der Waals surface area contributed by atoms with Gasteiger partial charge in [0.25, 0.3) is 0 Å². The minimum atomic E-state index is -4.91. The molecule has 3 heterocycles. The molecule has 1 fully saturated rings. The lowest BCUT2D eigenvalue weighted by atomic mass is 10.0. The average molecular weight is 555 g/mol. The number of hydrogen-bond acceptors (Lipinski definition) is 11. The fourth-order valence-electron chi connectivity index (χ4n) is 4.16. The minimum Gasteiger partial charge on any atom is -0.453 e. The van der Waals surface area contributed by atoms with Crippen molar-refractivity contribution >= 4 is 36.6 Å². The van der Waals surface area contributed by atoms with E-state index in [0.717, 1.165) is 0 Å². The lowest BCUT2D eigenvalue weighted by molar-refractivity contribution is -0.0521. The van der Waals surface area contributed by atoms with Gasteiger partial charge in [0.2, 0.25) is 0 Å². The van der Waals surface area contributed by atoms with Crippen LogP contribution in [0.5, 0.6) is 0 Å². The Hall–Kier alpha value is -4.04. The van der Waals surface area contributed by atoms with Gasteiger partial charge in [0.1, 0.15) is 24.1 Å². The Morgan fingerprint density at radius 3 is 2.36 bits per heavy atom. The molecule has 5 N–H and O–H groups in total. The van der Waals surface area contributed by atoms with Gasteiger partial charge in [-0.1, -0.05) is 42.5 Å². The van der Waals surface area contributed by atoms with Gasteiger partial charge in [-0.05, 0) is 12.1 Å². The monoisotopic (exact) mass is 555 g/mol.